The van der Waals surface area contributed by atoms with Gasteiger partial charge in [0, 0.05) is 31.1 Å². The minimum absolute atomic E-state index is 0.0646. The van der Waals surface area contributed by atoms with Crippen molar-refractivity contribution in [2.45, 2.75) is 38.6 Å². The van der Waals surface area contributed by atoms with Crippen molar-refractivity contribution in [3.63, 3.8) is 0 Å². The molecule has 2 aromatic rings. The minimum atomic E-state index is -0.254. The van der Waals surface area contributed by atoms with Crippen LogP contribution in [-0.2, 0) is 11.3 Å². The van der Waals surface area contributed by atoms with Crippen LogP contribution < -0.4 is 14.8 Å². The molecule has 1 saturated heterocycles. The van der Waals surface area contributed by atoms with Gasteiger partial charge in [-0.1, -0.05) is 31.5 Å². The maximum atomic E-state index is 12.6. The number of piperidine rings is 1. The Labute approximate surface area is 195 Å². The molecule has 4 rings (SSSR count). The molecule has 7 heteroatoms. The van der Waals surface area contributed by atoms with Crippen LogP contribution in [0.4, 0.5) is 4.79 Å². The second kappa shape index (κ2) is 10.6. The summed E-state index contributed by atoms with van der Waals surface area (Å²) in [5, 5.41) is 2.83. The van der Waals surface area contributed by atoms with E-state index in [1.807, 2.05) is 24.3 Å². The SMILES string of the molecule is CCCCOC(=O)N1CCC(c2ccc(OC)cc2)C(COc2ccc3c(c2)C(=O)NC3)C1. The van der Waals surface area contributed by atoms with Crippen LogP contribution in [0.25, 0.3) is 0 Å². The van der Waals surface area contributed by atoms with Gasteiger partial charge in [-0.2, -0.15) is 0 Å². The summed E-state index contributed by atoms with van der Waals surface area (Å²) in [4.78, 5) is 26.4. The Bertz CT molecular complexity index is 975. The molecule has 1 fully saturated rings. The number of nitrogens with one attached hydrogen (secondary N) is 1. The summed E-state index contributed by atoms with van der Waals surface area (Å²) in [6.45, 7) is 4.74. The number of fused-ring (bicyclic) bond motifs is 1. The number of hydrogen-bond donors (Lipinski definition) is 1. The lowest BCUT2D eigenvalue weighted by atomic mass is 9.81. The predicted molar refractivity (Wildman–Crippen MR) is 125 cm³/mol. The van der Waals surface area contributed by atoms with Gasteiger partial charge in [0.1, 0.15) is 11.5 Å². The molecule has 0 aromatic heterocycles. The fourth-order valence-corrected chi connectivity index (χ4v) is 4.54. The molecule has 2 atom stereocenters. The summed E-state index contributed by atoms with van der Waals surface area (Å²) >= 11 is 0. The number of nitrogens with zero attached hydrogens (tertiary/aromatic N) is 1. The highest BCUT2D eigenvalue weighted by Crippen LogP contribution is 2.35. The lowest BCUT2D eigenvalue weighted by Gasteiger charge is -2.38. The third-order valence-electron chi connectivity index (χ3n) is 6.49. The molecule has 0 saturated carbocycles. The summed E-state index contributed by atoms with van der Waals surface area (Å²) in [6, 6.07) is 13.8. The lowest BCUT2D eigenvalue weighted by Crippen LogP contribution is -2.45. The number of ether oxygens (including phenoxy) is 3. The Morgan fingerprint density at radius 2 is 1.94 bits per heavy atom. The first kappa shape index (κ1) is 23.0. The van der Waals surface area contributed by atoms with E-state index in [0.29, 0.717) is 44.2 Å². The highest BCUT2D eigenvalue weighted by molar-refractivity contribution is 5.98. The Morgan fingerprint density at radius 3 is 2.70 bits per heavy atom. The molecule has 2 amide bonds. The largest absolute Gasteiger partial charge is 0.497 e. The maximum absolute atomic E-state index is 12.6. The van der Waals surface area contributed by atoms with E-state index in [4.69, 9.17) is 14.2 Å². The van der Waals surface area contributed by atoms with E-state index < -0.39 is 0 Å². The zero-order valence-corrected chi connectivity index (χ0v) is 19.3. The summed E-state index contributed by atoms with van der Waals surface area (Å²) in [6.07, 6.45) is 2.43. The van der Waals surface area contributed by atoms with Crippen LogP contribution in [0.2, 0.25) is 0 Å². The van der Waals surface area contributed by atoms with Crippen molar-refractivity contribution in [1.29, 1.82) is 0 Å². The molecular weight excluding hydrogens is 420 g/mol. The Morgan fingerprint density at radius 1 is 1.15 bits per heavy atom. The van der Waals surface area contributed by atoms with E-state index >= 15 is 0 Å². The first-order valence-corrected chi connectivity index (χ1v) is 11.7. The molecule has 2 aliphatic heterocycles. The monoisotopic (exact) mass is 452 g/mol. The molecule has 0 bridgehead atoms. The highest BCUT2D eigenvalue weighted by Gasteiger charge is 2.34. The lowest BCUT2D eigenvalue weighted by molar-refractivity contribution is 0.0676. The number of benzene rings is 2. The maximum Gasteiger partial charge on any atom is 0.409 e. The van der Waals surface area contributed by atoms with Crippen LogP contribution in [0.15, 0.2) is 42.5 Å². The summed E-state index contributed by atoms with van der Waals surface area (Å²) in [7, 11) is 1.66. The molecular formula is C26H32N2O5. The number of amides is 2. The second-order valence-corrected chi connectivity index (χ2v) is 8.65. The van der Waals surface area contributed by atoms with Crippen LogP contribution in [0.5, 0.6) is 11.5 Å². The molecule has 0 spiro atoms. The van der Waals surface area contributed by atoms with Crippen molar-refractivity contribution in [2.24, 2.45) is 5.92 Å². The van der Waals surface area contributed by atoms with Crippen molar-refractivity contribution in [3.8, 4) is 11.5 Å². The number of rotatable bonds is 8. The zero-order chi connectivity index (χ0) is 23.2. The normalized spacial score (nSPS) is 19.6. The second-order valence-electron chi connectivity index (χ2n) is 8.65. The predicted octanol–water partition coefficient (Wildman–Crippen LogP) is 4.36. The number of methoxy groups -OCH3 is 1. The minimum Gasteiger partial charge on any atom is -0.497 e. The third-order valence-corrected chi connectivity index (χ3v) is 6.49. The first-order valence-electron chi connectivity index (χ1n) is 11.7. The molecule has 2 aromatic carbocycles. The van der Waals surface area contributed by atoms with Gasteiger partial charge in [-0.3, -0.25) is 4.79 Å². The standard InChI is InChI=1S/C26H32N2O5/c1-3-4-13-32-26(30)28-12-11-23(18-5-8-21(31-2)9-6-18)20(16-28)17-33-22-10-7-19-15-27-25(29)24(19)14-22/h5-10,14,20,23H,3-4,11-13,15-17H2,1-2H3,(H,27,29). The van der Waals surface area contributed by atoms with Crippen LogP contribution in [-0.4, -0.2) is 50.3 Å². The summed E-state index contributed by atoms with van der Waals surface area (Å²) in [5.41, 5.74) is 2.86. The van der Waals surface area contributed by atoms with Crippen molar-refractivity contribution in [1.82, 2.24) is 10.2 Å². The van der Waals surface area contributed by atoms with Crippen molar-refractivity contribution in [2.75, 3.05) is 33.4 Å². The Hall–Kier alpha value is -3.22. The van der Waals surface area contributed by atoms with Gasteiger partial charge in [0.25, 0.3) is 5.91 Å². The van der Waals surface area contributed by atoms with Crippen LogP contribution in [0, 0.1) is 5.92 Å². The van der Waals surface area contributed by atoms with Gasteiger partial charge < -0.3 is 24.4 Å². The van der Waals surface area contributed by atoms with Gasteiger partial charge >= 0.3 is 6.09 Å². The number of likely N-dealkylation sites (tertiary alicyclic amines) is 1. The number of unbranched alkanes of at least 4 members (excludes halogenated alkanes) is 1. The summed E-state index contributed by atoms with van der Waals surface area (Å²) < 4.78 is 16.9. The number of hydrogen-bond acceptors (Lipinski definition) is 5. The van der Waals surface area contributed by atoms with E-state index in [1.54, 1.807) is 18.1 Å². The van der Waals surface area contributed by atoms with E-state index in [1.165, 1.54) is 5.56 Å². The van der Waals surface area contributed by atoms with Gasteiger partial charge in [0.05, 0.1) is 20.3 Å². The fourth-order valence-electron chi connectivity index (χ4n) is 4.54. The Kier molecular flexibility index (Phi) is 7.37. The molecule has 1 N–H and O–H groups in total. The molecule has 33 heavy (non-hydrogen) atoms. The molecule has 2 unspecified atom stereocenters. The van der Waals surface area contributed by atoms with Crippen molar-refractivity contribution in [3.05, 3.63) is 59.2 Å². The van der Waals surface area contributed by atoms with Crippen LogP contribution >= 0.6 is 0 Å². The van der Waals surface area contributed by atoms with E-state index in [2.05, 4.69) is 24.4 Å². The molecule has 0 aliphatic carbocycles. The molecule has 176 valence electrons. The average Bonchev–Trinajstić information content (AvgIpc) is 3.22. The van der Waals surface area contributed by atoms with Crippen LogP contribution in [0.3, 0.4) is 0 Å². The average molecular weight is 453 g/mol. The van der Waals surface area contributed by atoms with Gasteiger partial charge in [-0.15, -0.1) is 0 Å². The number of carbonyl (C=O) groups is 2. The molecule has 0 radical (unpaired) electrons. The van der Waals surface area contributed by atoms with Crippen molar-refractivity contribution < 1.29 is 23.8 Å². The topological polar surface area (TPSA) is 77.1 Å². The summed E-state index contributed by atoms with van der Waals surface area (Å²) in [5.74, 6) is 1.76. The smallest absolute Gasteiger partial charge is 0.409 e. The van der Waals surface area contributed by atoms with Gasteiger partial charge in [0.15, 0.2) is 0 Å². The first-order chi connectivity index (χ1) is 16.1. The molecule has 2 aliphatic rings. The van der Waals surface area contributed by atoms with Gasteiger partial charge in [-0.05, 0) is 54.2 Å². The third kappa shape index (κ3) is 5.41. The van der Waals surface area contributed by atoms with Gasteiger partial charge in [0.2, 0.25) is 0 Å². The fraction of sp³-hybridized carbons (Fsp3) is 0.462. The van der Waals surface area contributed by atoms with Gasteiger partial charge in [-0.25, -0.2) is 4.79 Å². The molecule has 2 heterocycles. The number of carbonyl (C=O) groups excluding carboxylic acids is 2. The van der Waals surface area contributed by atoms with E-state index in [0.717, 1.165) is 30.6 Å². The van der Waals surface area contributed by atoms with Crippen LogP contribution in [0.1, 0.15) is 53.6 Å². The zero-order valence-electron chi connectivity index (χ0n) is 19.3. The van der Waals surface area contributed by atoms with E-state index in [9.17, 15) is 9.59 Å². The quantitative estimate of drug-likeness (QED) is 0.602. The Balaban J connectivity index is 1.47. The van der Waals surface area contributed by atoms with E-state index in [-0.39, 0.29) is 23.8 Å². The van der Waals surface area contributed by atoms with Crippen molar-refractivity contribution >= 4 is 12.0 Å². The highest BCUT2D eigenvalue weighted by atomic mass is 16.6. The molecule has 7 nitrogen and oxygen atoms in total.